The van der Waals surface area contributed by atoms with Crippen LogP contribution in [0.1, 0.15) is 12.8 Å². The maximum Gasteiger partial charge on any atom is 0.317 e. The number of rotatable bonds is 7. The second kappa shape index (κ2) is 9.57. The summed E-state index contributed by atoms with van der Waals surface area (Å²) in [7, 11) is 5.00. The third kappa shape index (κ3) is 7.29. The number of hydrogen-bond acceptors (Lipinski definition) is 4. The number of carbonyl (C=O) groups is 2. The predicted octanol–water partition coefficient (Wildman–Crippen LogP) is -0.268. The summed E-state index contributed by atoms with van der Waals surface area (Å²) in [6, 6.07) is -0.256. The van der Waals surface area contributed by atoms with Gasteiger partial charge >= 0.3 is 6.03 Å². The monoisotopic (exact) mass is 300 g/mol. The topological polar surface area (TPSA) is 73.9 Å². The van der Waals surface area contributed by atoms with Crippen molar-refractivity contribution in [1.29, 1.82) is 0 Å². The average molecular weight is 300 g/mol. The first-order valence-electron chi connectivity index (χ1n) is 7.46. The van der Waals surface area contributed by atoms with Gasteiger partial charge in [0.2, 0.25) is 5.91 Å². The normalized spacial score (nSPS) is 19.1. The van der Waals surface area contributed by atoms with Crippen molar-refractivity contribution in [2.75, 3.05) is 60.5 Å². The molecule has 7 heteroatoms. The van der Waals surface area contributed by atoms with Gasteiger partial charge in [0.05, 0.1) is 13.2 Å². The Labute approximate surface area is 127 Å². The van der Waals surface area contributed by atoms with Gasteiger partial charge in [0, 0.05) is 40.8 Å². The molecule has 0 spiro atoms. The van der Waals surface area contributed by atoms with Crippen molar-refractivity contribution in [1.82, 2.24) is 20.4 Å². The number of nitrogens with one attached hydrogen (secondary N) is 2. The highest BCUT2D eigenvalue weighted by Gasteiger charge is 2.20. The van der Waals surface area contributed by atoms with E-state index in [2.05, 4.69) is 15.5 Å². The summed E-state index contributed by atoms with van der Waals surface area (Å²) in [5.41, 5.74) is 0. The third-order valence-corrected chi connectivity index (χ3v) is 3.61. The number of carbonyl (C=O) groups excluding carboxylic acids is 2. The second-order valence-corrected chi connectivity index (χ2v) is 5.66. The molecule has 1 atom stereocenters. The highest BCUT2D eigenvalue weighted by atomic mass is 16.5. The van der Waals surface area contributed by atoms with Gasteiger partial charge in [-0.15, -0.1) is 0 Å². The molecule has 0 aliphatic carbocycles. The van der Waals surface area contributed by atoms with E-state index in [1.165, 1.54) is 4.90 Å². The Kier molecular flexibility index (Phi) is 8.07. The minimum Gasteiger partial charge on any atom is -0.383 e. The fourth-order valence-corrected chi connectivity index (χ4v) is 2.38. The molecule has 0 aromatic rings. The lowest BCUT2D eigenvalue weighted by molar-refractivity contribution is -0.120. The molecule has 3 amide bonds. The molecule has 2 N–H and O–H groups in total. The molecule has 0 saturated carbocycles. The smallest absolute Gasteiger partial charge is 0.317 e. The Morgan fingerprint density at radius 2 is 2.10 bits per heavy atom. The molecular weight excluding hydrogens is 272 g/mol. The van der Waals surface area contributed by atoms with Gasteiger partial charge in [-0.05, 0) is 25.3 Å². The van der Waals surface area contributed by atoms with Gasteiger partial charge in [0.1, 0.15) is 0 Å². The number of piperidine rings is 1. The van der Waals surface area contributed by atoms with E-state index in [1.807, 2.05) is 0 Å². The molecular formula is C14H28N4O3. The minimum atomic E-state index is -0.256. The van der Waals surface area contributed by atoms with E-state index in [-0.39, 0.29) is 18.5 Å². The van der Waals surface area contributed by atoms with Crippen LogP contribution >= 0.6 is 0 Å². The van der Waals surface area contributed by atoms with E-state index in [9.17, 15) is 9.59 Å². The van der Waals surface area contributed by atoms with E-state index >= 15 is 0 Å². The largest absolute Gasteiger partial charge is 0.383 e. The van der Waals surface area contributed by atoms with Gasteiger partial charge in [-0.1, -0.05) is 0 Å². The van der Waals surface area contributed by atoms with Gasteiger partial charge in [0.25, 0.3) is 0 Å². The lowest BCUT2D eigenvalue weighted by Gasteiger charge is -2.32. The molecule has 7 nitrogen and oxygen atoms in total. The van der Waals surface area contributed by atoms with Crippen LogP contribution < -0.4 is 10.6 Å². The molecule has 1 heterocycles. The molecule has 1 rings (SSSR count). The number of hydrogen-bond donors (Lipinski definition) is 2. The van der Waals surface area contributed by atoms with Crippen molar-refractivity contribution in [3.8, 4) is 0 Å². The summed E-state index contributed by atoms with van der Waals surface area (Å²) >= 11 is 0. The first-order chi connectivity index (χ1) is 10.0. The van der Waals surface area contributed by atoms with Crippen molar-refractivity contribution in [3.63, 3.8) is 0 Å². The zero-order valence-corrected chi connectivity index (χ0v) is 13.4. The third-order valence-electron chi connectivity index (χ3n) is 3.61. The highest BCUT2D eigenvalue weighted by Crippen LogP contribution is 2.15. The summed E-state index contributed by atoms with van der Waals surface area (Å²) in [6.07, 6.45) is 2.29. The number of urea groups is 1. The zero-order chi connectivity index (χ0) is 15.7. The molecule has 1 aliphatic rings. The minimum absolute atomic E-state index is 0.0249. The summed E-state index contributed by atoms with van der Waals surface area (Å²) in [5, 5.41) is 5.45. The number of likely N-dealkylation sites (tertiary alicyclic amines) is 1. The fourth-order valence-electron chi connectivity index (χ4n) is 2.38. The highest BCUT2D eigenvalue weighted by molar-refractivity contribution is 5.83. The molecule has 0 bridgehead atoms. The van der Waals surface area contributed by atoms with Gasteiger partial charge in [-0.25, -0.2) is 4.79 Å². The van der Waals surface area contributed by atoms with Crippen LogP contribution in [0.4, 0.5) is 4.79 Å². The van der Waals surface area contributed by atoms with E-state index in [0.29, 0.717) is 12.5 Å². The lowest BCUT2D eigenvalue weighted by Crippen LogP contribution is -2.45. The zero-order valence-electron chi connectivity index (χ0n) is 13.4. The van der Waals surface area contributed by atoms with Crippen molar-refractivity contribution in [3.05, 3.63) is 0 Å². The standard InChI is InChI=1S/C14H28N4O3/c1-17(2)14(20)16-10-13(19)15-9-12-5-4-6-18(11-12)7-8-21-3/h12H,4-11H2,1-3H3,(H,15,19)(H,16,20)/t12-/m0/s1. The lowest BCUT2D eigenvalue weighted by atomic mass is 9.98. The van der Waals surface area contributed by atoms with Gasteiger partial charge < -0.3 is 25.2 Å². The molecule has 1 fully saturated rings. The Morgan fingerprint density at radius 1 is 1.33 bits per heavy atom. The van der Waals surface area contributed by atoms with Crippen LogP contribution in [-0.2, 0) is 9.53 Å². The Balaban J connectivity index is 2.18. The van der Waals surface area contributed by atoms with Crippen molar-refractivity contribution in [2.24, 2.45) is 5.92 Å². The first-order valence-corrected chi connectivity index (χ1v) is 7.46. The molecule has 0 radical (unpaired) electrons. The van der Waals surface area contributed by atoms with Crippen LogP contribution in [0.25, 0.3) is 0 Å². The van der Waals surface area contributed by atoms with E-state index < -0.39 is 0 Å². The SMILES string of the molecule is COCCN1CCC[C@@H](CNC(=O)CNC(=O)N(C)C)C1. The van der Waals surface area contributed by atoms with E-state index in [0.717, 1.165) is 39.1 Å². The molecule has 122 valence electrons. The second-order valence-electron chi connectivity index (χ2n) is 5.66. The number of ether oxygens (including phenoxy) is 1. The van der Waals surface area contributed by atoms with Crippen LogP contribution in [0.5, 0.6) is 0 Å². The maximum atomic E-state index is 11.7. The maximum absolute atomic E-state index is 11.7. The predicted molar refractivity (Wildman–Crippen MR) is 81.1 cm³/mol. The van der Waals surface area contributed by atoms with E-state index in [4.69, 9.17) is 4.74 Å². The number of nitrogens with zero attached hydrogens (tertiary/aromatic N) is 2. The van der Waals surface area contributed by atoms with Crippen LogP contribution in [-0.4, -0.2) is 82.3 Å². The molecule has 21 heavy (non-hydrogen) atoms. The summed E-state index contributed by atoms with van der Waals surface area (Å²) in [4.78, 5) is 26.8. The van der Waals surface area contributed by atoms with Crippen LogP contribution in [0.3, 0.4) is 0 Å². The average Bonchev–Trinajstić information content (AvgIpc) is 2.48. The quantitative estimate of drug-likeness (QED) is 0.679. The Hall–Kier alpha value is -1.34. The van der Waals surface area contributed by atoms with Crippen LogP contribution in [0.15, 0.2) is 0 Å². The molecule has 1 saturated heterocycles. The summed E-state index contributed by atoms with van der Waals surface area (Å²) < 4.78 is 5.10. The van der Waals surface area contributed by atoms with Gasteiger partial charge in [0.15, 0.2) is 0 Å². The molecule has 0 aromatic carbocycles. The van der Waals surface area contributed by atoms with Gasteiger partial charge in [-0.3, -0.25) is 4.79 Å². The number of amides is 3. The first kappa shape index (κ1) is 17.7. The van der Waals surface area contributed by atoms with Crippen molar-refractivity contribution >= 4 is 11.9 Å². The van der Waals surface area contributed by atoms with Crippen molar-refractivity contribution < 1.29 is 14.3 Å². The fraction of sp³-hybridized carbons (Fsp3) is 0.857. The summed E-state index contributed by atoms with van der Waals surface area (Å²) in [5.74, 6) is 0.336. The Bertz CT molecular complexity index is 336. The number of methoxy groups -OCH3 is 1. The van der Waals surface area contributed by atoms with Crippen LogP contribution in [0, 0.1) is 5.92 Å². The van der Waals surface area contributed by atoms with E-state index in [1.54, 1.807) is 21.2 Å². The van der Waals surface area contributed by atoms with Crippen molar-refractivity contribution in [2.45, 2.75) is 12.8 Å². The van der Waals surface area contributed by atoms with Crippen LogP contribution in [0.2, 0.25) is 0 Å². The molecule has 0 aromatic heterocycles. The summed E-state index contributed by atoms with van der Waals surface area (Å²) in [6.45, 7) is 4.48. The molecule has 1 aliphatic heterocycles. The molecule has 0 unspecified atom stereocenters. The van der Waals surface area contributed by atoms with Gasteiger partial charge in [-0.2, -0.15) is 0 Å². The Morgan fingerprint density at radius 3 is 2.76 bits per heavy atom.